The van der Waals surface area contributed by atoms with Crippen LogP contribution in [0.1, 0.15) is 74.1 Å². The standard InChI is InChI=1S/C30H39IO7S/c1-19(13-15-37-22(4)32)16-25(38-23(5)33)17-20(2)18-28(29-21(3)27(34)12-14-30(29,6)7)39(35,36)26-10-8-24(31)9-11-26/h8-11,13,17,25,28H,12,14-16,18H2,1-7H3/b19-13+,20-17+. The monoisotopic (exact) mass is 670 g/mol. The molecular formula is C30H39IO7S. The highest BCUT2D eigenvalue weighted by Gasteiger charge is 2.42. The summed E-state index contributed by atoms with van der Waals surface area (Å²) in [5, 5.41) is -0.952. The number of allylic oxidation sites excluding steroid dienone is 2. The van der Waals surface area contributed by atoms with Gasteiger partial charge in [-0.1, -0.05) is 25.0 Å². The van der Waals surface area contributed by atoms with Crippen molar-refractivity contribution in [3.63, 3.8) is 0 Å². The van der Waals surface area contributed by atoms with Crippen molar-refractivity contribution in [1.29, 1.82) is 0 Å². The Morgan fingerprint density at radius 3 is 2.21 bits per heavy atom. The van der Waals surface area contributed by atoms with Crippen LogP contribution in [0.25, 0.3) is 0 Å². The minimum atomic E-state index is -3.86. The average Bonchev–Trinajstić information content (AvgIpc) is 2.80. The van der Waals surface area contributed by atoms with Crippen molar-refractivity contribution in [2.24, 2.45) is 5.41 Å². The van der Waals surface area contributed by atoms with Gasteiger partial charge in [-0.15, -0.1) is 0 Å². The fourth-order valence-corrected chi connectivity index (χ4v) is 7.46. The van der Waals surface area contributed by atoms with Crippen molar-refractivity contribution in [2.75, 3.05) is 6.61 Å². The summed E-state index contributed by atoms with van der Waals surface area (Å²) in [4.78, 5) is 35.9. The first-order chi connectivity index (χ1) is 18.0. The Morgan fingerprint density at radius 2 is 1.64 bits per heavy atom. The van der Waals surface area contributed by atoms with E-state index in [4.69, 9.17) is 9.47 Å². The molecule has 0 N–H and O–H groups in total. The lowest BCUT2D eigenvalue weighted by Crippen LogP contribution is -2.37. The molecule has 7 nitrogen and oxygen atoms in total. The lowest BCUT2D eigenvalue weighted by Gasteiger charge is -2.38. The second-order valence-corrected chi connectivity index (χ2v) is 14.1. The summed E-state index contributed by atoms with van der Waals surface area (Å²) >= 11 is 2.13. The maximum absolute atomic E-state index is 14.1. The van der Waals surface area contributed by atoms with Gasteiger partial charge in [0, 0.05) is 30.3 Å². The number of benzene rings is 1. The molecule has 0 spiro atoms. The van der Waals surface area contributed by atoms with Gasteiger partial charge in [0.15, 0.2) is 15.6 Å². The van der Waals surface area contributed by atoms with Crippen molar-refractivity contribution in [1.82, 2.24) is 0 Å². The highest BCUT2D eigenvalue weighted by Crippen LogP contribution is 2.45. The van der Waals surface area contributed by atoms with Gasteiger partial charge < -0.3 is 9.47 Å². The number of hydrogen-bond acceptors (Lipinski definition) is 7. The number of sulfone groups is 1. The Kier molecular flexibility index (Phi) is 11.7. The number of carbonyl (C=O) groups is 3. The van der Waals surface area contributed by atoms with E-state index in [9.17, 15) is 22.8 Å². The van der Waals surface area contributed by atoms with Crippen LogP contribution in [0.5, 0.6) is 0 Å². The Balaban J connectivity index is 2.54. The molecule has 39 heavy (non-hydrogen) atoms. The molecule has 1 aromatic carbocycles. The molecule has 0 saturated carbocycles. The second kappa shape index (κ2) is 13.9. The van der Waals surface area contributed by atoms with E-state index >= 15 is 0 Å². The van der Waals surface area contributed by atoms with Gasteiger partial charge >= 0.3 is 11.9 Å². The van der Waals surface area contributed by atoms with Gasteiger partial charge in [0.1, 0.15) is 12.7 Å². The van der Waals surface area contributed by atoms with Gasteiger partial charge in [0.25, 0.3) is 0 Å². The molecule has 214 valence electrons. The van der Waals surface area contributed by atoms with E-state index in [2.05, 4.69) is 22.6 Å². The molecule has 2 rings (SSSR count). The highest BCUT2D eigenvalue weighted by molar-refractivity contribution is 14.1. The predicted molar refractivity (Wildman–Crippen MR) is 160 cm³/mol. The van der Waals surface area contributed by atoms with Gasteiger partial charge in [-0.25, -0.2) is 8.42 Å². The van der Waals surface area contributed by atoms with E-state index in [0.717, 1.165) is 14.7 Å². The zero-order chi connectivity index (χ0) is 29.5. The largest absolute Gasteiger partial charge is 0.462 e. The fraction of sp³-hybridized carbons (Fsp3) is 0.500. The molecule has 0 amide bonds. The number of esters is 2. The number of ketones is 1. The minimum Gasteiger partial charge on any atom is -0.462 e. The minimum absolute atomic E-state index is 0.0277. The van der Waals surface area contributed by atoms with Crippen LogP contribution >= 0.6 is 22.6 Å². The van der Waals surface area contributed by atoms with Crippen LogP contribution in [0.2, 0.25) is 0 Å². The van der Waals surface area contributed by atoms with E-state index < -0.39 is 32.6 Å². The molecule has 0 aliphatic heterocycles. The van der Waals surface area contributed by atoms with Gasteiger partial charge in [-0.3, -0.25) is 14.4 Å². The first kappa shape index (κ1) is 32.9. The van der Waals surface area contributed by atoms with Crippen molar-refractivity contribution in [2.45, 2.75) is 90.4 Å². The van der Waals surface area contributed by atoms with E-state index in [1.165, 1.54) is 13.8 Å². The normalized spacial score (nSPS) is 18.0. The molecule has 0 fully saturated rings. The van der Waals surface area contributed by atoms with E-state index in [1.807, 2.05) is 27.7 Å². The summed E-state index contributed by atoms with van der Waals surface area (Å²) in [5.74, 6) is -0.877. The van der Waals surface area contributed by atoms with Crippen LogP contribution in [-0.4, -0.2) is 44.1 Å². The van der Waals surface area contributed by atoms with Crippen LogP contribution < -0.4 is 0 Å². The molecule has 2 unspecified atom stereocenters. The Hall–Kier alpha value is -2.27. The summed E-state index contributed by atoms with van der Waals surface area (Å²) < 4.78 is 39.7. The number of rotatable bonds is 11. The highest BCUT2D eigenvalue weighted by atomic mass is 127. The number of carbonyl (C=O) groups excluding carboxylic acids is 3. The van der Waals surface area contributed by atoms with Crippen LogP contribution in [-0.2, 0) is 33.7 Å². The first-order valence-corrected chi connectivity index (χ1v) is 15.5. The van der Waals surface area contributed by atoms with Crippen molar-refractivity contribution in [3.05, 3.63) is 62.3 Å². The molecule has 0 heterocycles. The SMILES string of the molecule is CC(=O)OC/C=C(\C)CC(/C=C(\C)CC(C1=C(C)C(=O)CCC1(C)C)S(=O)(=O)c1ccc(I)cc1)OC(C)=O. The summed E-state index contributed by atoms with van der Waals surface area (Å²) in [6.45, 7) is 12.1. The molecule has 9 heteroatoms. The predicted octanol–water partition coefficient (Wildman–Crippen LogP) is 6.31. The number of Topliss-reactive ketones (excluding diaryl/α,β-unsaturated/α-hetero) is 1. The zero-order valence-electron chi connectivity index (χ0n) is 23.8. The third kappa shape index (κ3) is 9.41. The maximum atomic E-state index is 14.1. The van der Waals surface area contributed by atoms with Crippen molar-refractivity contribution < 1.29 is 32.3 Å². The van der Waals surface area contributed by atoms with Crippen molar-refractivity contribution in [3.8, 4) is 0 Å². The lowest BCUT2D eigenvalue weighted by molar-refractivity contribution is -0.144. The van der Waals surface area contributed by atoms with E-state index in [0.29, 0.717) is 30.4 Å². The number of hydrogen-bond donors (Lipinski definition) is 0. The average molecular weight is 671 g/mol. The lowest BCUT2D eigenvalue weighted by atomic mass is 9.70. The van der Waals surface area contributed by atoms with Crippen LogP contribution in [0, 0.1) is 8.99 Å². The summed E-state index contributed by atoms with van der Waals surface area (Å²) in [6, 6.07) is 6.73. The Morgan fingerprint density at radius 1 is 1.03 bits per heavy atom. The quantitative estimate of drug-likeness (QED) is 0.155. The molecular weight excluding hydrogens is 631 g/mol. The van der Waals surface area contributed by atoms with Crippen LogP contribution in [0.15, 0.2) is 63.6 Å². The Labute approximate surface area is 246 Å². The van der Waals surface area contributed by atoms with Crippen molar-refractivity contribution >= 4 is 50.1 Å². The summed E-state index contributed by atoms with van der Waals surface area (Å²) in [7, 11) is -3.86. The molecule has 0 saturated heterocycles. The van der Waals surface area contributed by atoms with Gasteiger partial charge in [-0.2, -0.15) is 0 Å². The first-order valence-electron chi connectivity index (χ1n) is 12.9. The zero-order valence-corrected chi connectivity index (χ0v) is 26.8. The molecule has 0 radical (unpaired) electrons. The maximum Gasteiger partial charge on any atom is 0.303 e. The van der Waals surface area contributed by atoms with E-state index in [1.54, 1.807) is 43.3 Å². The summed E-state index contributed by atoms with van der Waals surface area (Å²) in [6.07, 6.45) is 4.35. The molecule has 1 aliphatic carbocycles. The van der Waals surface area contributed by atoms with Crippen LogP contribution in [0.3, 0.4) is 0 Å². The molecule has 2 atom stereocenters. The molecule has 1 aromatic rings. The molecule has 0 aromatic heterocycles. The third-order valence-corrected chi connectivity index (χ3v) is 9.70. The number of ether oxygens (including phenoxy) is 2. The molecule has 1 aliphatic rings. The third-order valence-electron chi connectivity index (χ3n) is 6.90. The smallest absolute Gasteiger partial charge is 0.303 e. The fourth-order valence-electron chi connectivity index (χ4n) is 4.97. The molecule has 0 bridgehead atoms. The van der Waals surface area contributed by atoms with Gasteiger partial charge in [-0.05, 0) is 109 Å². The topological polar surface area (TPSA) is 104 Å². The van der Waals surface area contributed by atoms with Gasteiger partial charge in [0.2, 0.25) is 0 Å². The Bertz CT molecular complexity index is 1280. The summed E-state index contributed by atoms with van der Waals surface area (Å²) in [5.41, 5.74) is 2.25. The second-order valence-electron chi connectivity index (χ2n) is 10.8. The number of halogens is 1. The van der Waals surface area contributed by atoms with Gasteiger partial charge in [0.05, 0.1) is 10.1 Å². The van der Waals surface area contributed by atoms with Crippen LogP contribution in [0.4, 0.5) is 0 Å². The van der Waals surface area contributed by atoms with E-state index in [-0.39, 0.29) is 29.7 Å².